The van der Waals surface area contributed by atoms with Crippen LogP contribution in [0.15, 0.2) is 0 Å². The number of amides is 1. The van der Waals surface area contributed by atoms with E-state index in [2.05, 4.69) is 25.9 Å². The van der Waals surface area contributed by atoms with Gasteiger partial charge in [-0.2, -0.15) is 0 Å². The molecule has 14 heavy (non-hydrogen) atoms. The molecule has 1 saturated heterocycles. The van der Waals surface area contributed by atoms with Crippen LogP contribution in [0.1, 0.15) is 13.3 Å². The van der Waals surface area contributed by atoms with Crippen molar-refractivity contribution in [1.82, 2.24) is 9.80 Å². The Balaban J connectivity index is 2.50. The summed E-state index contributed by atoms with van der Waals surface area (Å²) >= 11 is 0. The van der Waals surface area contributed by atoms with E-state index in [1.807, 2.05) is 0 Å². The maximum atomic E-state index is 11.3. The molecule has 1 rings (SSSR count). The van der Waals surface area contributed by atoms with Gasteiger partial charge in [-0.25, -0.2) is 4.79 Å². The lowest BCUT2D eigenvalue weighted by Gasteiger charge is -2.39. The first-order valence-corrected chi connectivity index (χ1v) is 5.05. The van der Waals surface area contributed by atoms with Gasteiger partial charge in [-0.15, -0.1) is 0 Å². The first kappa shape index (κ1) is 11.3. The normalized spacial score (nSPS) is 27.9. The molecule has 0 saturated carbocycles. The quantitative estimate of drug-likeness (QED) is 0.633. The molecule has 2 atom stereocenters. The number of nitrogens with zero attached hydrogens (tertiary/aromatic N) is 2. The van der Waals surface area contributed by atoms with Gasteiger partial charge >= 0.3 is 6.09 Å². The molecule has 0 bridgehead atoms. The van der Waals surface area contributed by atoms with Crippen molar-refractivity contribution in [2.75, 3.05) is 34.3 Å². The first-order chi connectivity index (χ1) is 6.56. The number of carbonyl (C=O) groups is 1. The number of hydrogen-bond donors (Lipinski definition) is 0. The third-order valence-corrected chi connectivity index (χ3v) is 2.96. The first-order valence-electron chi connectivity index (χ1n) is 5.05. The van der Waals surface area contributed by atoms with Gasteiger partial charge < -0.3 is 14.5 Å². The number of methoxy groups -OCH3 is 1. The van der Waals surface area contributed by atoms with Gasteiger partial charge in [-0.3, -0.25) is 0 Å². The second-order valence-electron chi connectivity index (χ2n) is 4.21. The summed E-state index contributed by atoms with van der Waals surface area (Å²) in [6, 6.07) is 0.580. The van der Waals surface area contributed by atoms with Crippen LogP contribution < -0.4 is 0 Å². The summed E-state index contributed by atoms with van der Waals surface area (Å²) < 4.78 is 4.71. The van der Waals surface area contributed by atoms with Crippen molar-refractivity contribution in [3.63, 3.8) is 0 Å². The number of likely N-dealkylation sites (tertiary alicyclic amines) is 1. The van der Waals surface area contributed by atoms with E-state index in [1.165, 1.54) is 7.11 Å². The van der Waals surface area contributed by atoms with E-state index in [-0.39, 0.29) is 6.09 Å². The van der Waals surface area contributed by atoms with Gasteiger partial charge in [0.25, 0.3) is 0 Å². The van der Waals surface area contributed by atoms with Gasteiger partial charge in [0.15, 0.2) is 0 Å². The zero-order valence-electron chi connectivity index (χ0n) is 9.49. The Kier molecular flexibility index (Phi) is 3.75. The molecule has 2 unspecified atom stereocenters. The summed E-state index contributed by atoms with van der Waals surface area (Å²) in [6.45, 7) is 3.79. The van der Waals surface area contributed by atoms with Gasteiger partial charge in [-0.05, 0) is 26.4 Å². The highest BCUT2D eigenvalue weighted by Crippen LogP contribution is 2.20. The lowest BCUT2D eigenvalue weighted by molar-refractivity contribution is 0.0726. The third kappa shape index (κ3) is 2.38. The minimum absolute atomic E-state index is 0.200. The molecular weight excluding hydrogens is 180 g/mol. The zero-order valence-corrected chi connectivity index (χ0v) is 9.49. The van der Waals surface area contributed by atoms with Crippen molar-refractivity contribution >= 4 is 6.09 Å². The van der Waals surface area contributed by atoms with Crippen molar-refractivity contribution in [2.24, 2.45) is 5.92 Å². The minimum atomic E-state index is -0.200. The maximum Gasteiger partial charge on any atom is 0.409 e. The van der Waals surface area contributed by atoms with E-state index in [0.29, 0.717) is 12.0 Å². The standard InChI is InChI=1S/C10H20N2O2/c1-8-7-12(10(13)14-4)6-5-9(8)11(2)3/h8-9H,5-7H2,1-4H3. The number of rotatable bonds is 1. The van der Waals surface area contributed by atoms with E-state index in [4.69, 9.17) is 4.74 Å². The Morgan fingerprint density at radius 3 is 2.57 bits per heavy atom. The van der Waals surface area contributed by atoms with Crippen molar-refractivity contribution in [1.29, 1.82) is 0 Å². The molecule has 0 N–H and O–H groups in total. The lowest BCUT2D eigenvalue weighted by atomic mass is 9.93. The Morgan fingerprint density at radius 2 is 2.14 bits per heavy atom. The third-order valence-electron chi connectivity index (χ3n) is 2.96. The molecule has 1 aliphatic rings. The lowest BCUT2D eigenvalue weighted by Crippen LogP contribution is -2.49. The zero-order chi connectivity index (χ0) is 10.7. The molecule has 0 radical (unpaired) electrons. The Morgan fingerprint density at radius 1 is 1.50 bits per heavy atom. The van der Waals surface area contributed by atoms with Crippen LogP contribution in [0.2, 0.25) is 0 Å². The van der Waals surface area contributed by atoms with Crippen LogP contribution in [-0.2, 0) is 4.74 Å². The van der Waals surface area contributed by atoms with Crippen LogP contribution in [0, 0.1) is 5.92 Å². The largest absolute Gasteiger partial charge is 0.453 e. The highest BCUT2D eigenvalue weighted by molar-refractivity contribution is 5.67. The highest BCUT2D eigenvalue weighted by Gasteiger charge is 2.29. The van der Waals surface area contributed by atoms with E-state index < -0.39 is 0 Å². The Hall–Kier alpha value is -0.770. The fraction of sp³-hybridized carbons (Fsp3) is 0.900. The summed E-state index contributed by atoms with van der Waals surface area (Å²) in [5.41, 5.74) is 0. The molecule has 0 aromatic rings. The number of hydrogen-bond acceptors (Lipinski definition) is 3. The molecule has 0 aliphatic carbocycles. The van der Waals surface area contributed by atoms with Crippen LogP contribution in [0.25, 0.3) is 0 Å². The fourth-order valence-electron chi connectivity index (χ4n) is 2.20. The average Bonchev–Trinajstić information content (AvgIpc) is 2.15. The van der Waals surface area contributed by atoms with Gasteiger partial charge in [0.1, 0.15) is 0 Å². The SMILES string of the molecule is COC(=O)N1CCC(N(C)C)C(C)C1. The van der Waals surface area contributed by atoms with Gasteiger partial charge in [0.05, 0.1) is 7.11 Å². The predicted molar refractivity (Wildman–Crippen MR) is 55.2 cm³/mol. The van der Waals surface area contributed by atoms with Crippen LogP contribution in [0.5, 0.6) is 0 Å². The second-order valence-corrected chi connectivity index (χ2v) is 4.21. The topological polar surface area (TPSA) is 32.8 Å². The van der Waals surface area contributed by atoms with E-state index in [9.17, 15) is 4.79 Å². The summed E-state index contributed by atoms with van der Waals surface area (Å²) in [5, 5.41) is 0. The van der Waals surface area contributed by atoms with Crippen LogP contribution in [0.4, 0.5) is 4.79 Å². The number of carbonyl (C=O) groups excluding carboxylic acids is 1. The van der Waals surface area contributed by atoms with E-state index in [0.717, 1.165) is 19.5 Å². The number of piperidine rings is 1. The molecule has 4 nitrogen and oxygen atoms in total. The van der Waals surface area contributed by atoms with Crippen molar-refractivity contribution in [3.05, 3.63) is 0 Å². The van der Waals surface area contributed by atoms with Crippen LogP contribution in [0.3, 0.4) is 0 Å². The van der Waals surface area contributed by atoms with Crippen molar-refractivity contribution in [2.45, 2.75) is 19.4 Å². The van der Waals surface area contributed by atoms with Crippen LogP contribution in [-0.4, -0.2) is 56.2 Å². The van der Waals surface area contributed by atoms with E-state index >= 15 is 0 Å². The van der Waals surface area contributed by atoms with Crippen LogP contribution >= 0.6 is 0 Å². The van der Waals surface area contributed by atoms with E-state index in [1.54, 1.807) is 4.90 Å². The molecule has 4 heteroatoms. The number of ether oxygens (including phenoxy) is 1. The Labute approximate surface area is 85.8 Å². The predicted octanol–water partition coefficient (Wildman–Crippen LogP) is 1.02. The summed E-state index contributed by atoms with van der Waals surface area (Å²) in [4.78, 5) is 15.3. The molecule has 1 amide bonds. The minimum Gasteiger partial charge on any atom is -0.453 e. The monoisotopic (exact) mass is 200 g/mol. The van der Waals surface area contributed by atoms with Gasteiger partial charge in [-0.1, -0.05) is 6.92 Å². The molecule has 82 valence electrons. The molecule has 0 aromatic heterocycles. The molecule has 1 aliphatic heterocycles. The maximum absolute atomic E-state index is 11.3. The smallest absolute Gasteiger partial charge is 0.409 e. The fourth-order valence-corrected chi connectivity index (χ4v) is 2.20. The Bertz CT molecular complexity index is 206. The summed E-state index contributed by atoms with van der Waals surface area (Å²) in [7, 11) is 5.62. The summed E-state index contributed by atoms with van der Waals surface area (Å²) in [5.74, 6) is 0.512. The second kappa shape index (κ2) is 4.64. The molecule has 0 spiro atoms. The summed E-state index contributed by atoms with van der Waals surface area (Å²) in [6.07, 6.45) is 0.831. The molecule has 0 aromatic carbocycles. The molecular formula is C10H20N2O2. The van der Waals surface area contributed by atoms with Crippen molar-refractivity contribution < 1.29 is 9.53 Å². The van der Waals surface area contributed by atoms with Crippen molar-refractivity contribution in [3.8, 4) is 0 Å². The van der Waals surface area contributed by atoms with Gasteiger partial charge in [0.2, 0.25) is 0 Å². The molecule has 1 fully saturated rings. The van der Waals surface area contributed by atoms with Gasteiger partial charge in [0, 0.05) is 19.1 Å². The highest BCUT2D eigenvalue weighted by atomic mass is 16.5. The molecule has 1 heterocycles. The average molecular weight is 200 g/mol.